The van der Waals surface area contributed by atoms with Gasteiger partial charge in [-0.05, 0) is 44.4 Å². The van der Waals surface area contributed by atoms with Gasteiger partial charge in [0.25, 0.3) is 0 Å². The minimum Gasteiger partial charge on any atom is -0.495 e. The molecule has 0 bridgehead atoms. The maximum Gasteiger partial charge on any atom is 0.322 e. The standard InChI is InChI=1S/C22H24N4O3/c1-15-8-7-9-16(14-15)20-24-21(29-25-20)18-11-5-6-13-26(18)22(27)23-17-10-3-4-12-19(17)28-2/h3-4,7-10,12,14,18H,5-6,11,13H2,1-2H3,(H,23,27)/t18-/m0/s1. The zero-order valence-corrected chi connectivity index (χ0v) is 16.6. The molecule has 0 spiro atoms. The van der Waals surface area contributed by atoms with E-state index in [2.05, 4.69) is 15.5 Å². The Bertz CT molecular complexity index is 1000. The molecule has 150 valence electrons. The van der Waals surface area contributed by atoms with Crippen molar-refractivity contribution < 1.29 is 14.1 Å². The van der Waals surface area contributed by atoms with E-state index in [4.69, 9.17) is 9.26 Å². The van der Waals surface area contributed by atoms with Gasteiger partial charge in [0.05, 0.1) is 12.8 Å². The minimum atomic E-state index is -0.246. The fourth-order valence-electron chi connectivity index (χ4n) is 3.64. The lowest BCUT2D eigenvalue weighted by molar-refractivity contribution is 0.142. The molecule has 1 fully saturated rings. The van der Waals surface area contributed by atoms with Crippen molar-refractivity contribution in [3.8, 4) is 17.1 Å². The molecule has 4 rings (SSSR count). The topological polar surface area (TPSA) is 80.5 Å². The lowest BCUT2D eigenvalue weighted by Crippen LogP contribution is -2.41. The van der Waals surface area contributed by atoms with Crippen molar-refractivity contribution in [3.63, 3.8) is 0 Å². The van der Waals surface area contributed by atoms with E-state index in [-0.39, 0.29) is 12.1 Å². The minimum absolute atomic E-state index is 0.200. The van der Waals surface area contributed by atoms with E-state index in [1.54, 1.807) is 12.0 Å². The second-order valence-corrected chi connectivity index (χ2v) is 7.16. The van der Waals surface area contributed by atoms with Crippen LogP contribution in [-0.2, 0) is 0 Å². The summed E-state index contributed by atoms with van der Waals surface area (Å²) in [6.45, 7) is 2.66. The maximum atomic E-state index is 13.0. The van der Waals surface area contributed by atoms with Crippen molar-refractivity contribution in [1.82, 2.24) is 15.0 Å². The van der Waals surface area contributed by atoms with Crippen LogP contribution in [0.5, 0.6) is 5.75 Å². The van der Waals surface area contributed by atoms with Gasteiger partial charge in [-0.2, -0.15) is 4.98 Å². The Kier molecular flexibility index (Phi) is 5.46. The van der Waals surface area contributed by atoms with Crippen LogP contribution in [0.3, 0.4) is 0 Å². The van der Waals surface area contributed by atoms with Crippen molar-refractivity contribution >= 4 is 11.7 Å². The van der Waals surface area contributed by atoms with Crippen LogP contribution >= 0.6 is 0 Å². The molecular formula is C22H24N4O3. The average molecular weight is 392 g/mol. The van der Waals surface area contributed by atoms with Gasteiger partial charge in [-0.1, -0.05) is 41.1 Å². The number of aryl methyl sites for hydroxylation is 1. The van der Waals surface area contributed by atoms with Crippen molar-refractivity contribution in [2.75, 3.05) is 19.0 Å². The largest absolute Gasteiger partial charge is 0.495 e. The molecule has 0 aliphatic carbocycles. The molecule has 3 aromatic rings. The number of likely N-dealkylation sites (tertiary alicyclic amines) is 1. The Morgan fingerprint density at radius 2 is 2.07 bits per heavy atom. The number of amides is 2. The van der Waals surface area contributed by atoms with E-state index in [0.717, 1.165) is 30.4 Å². The predicted octanol–water partition coefficient (Wildman–Crippen LogP) is 4.81. The summed E-state index contributed by atoms with van der Waals surface area (Å²) in [5.41, 5.74) is 2.67. The van der Waals surface area contributed by atoms with Crippen LogP contribution in [0, 0.1) is 6.92 Å². The molecule has 1 N–H and O–H groups in total. The van der Waals surface area contributed by atoms with Crippen LogP contribution < -0.4 is 10.1 Å². The maximum absolute atomic E-state index is 13.0. The van der Waals surface area contributed by atoms with Crippen molar-refractivity contribution in [3.05, 3.63) is 60.0 Å². The van der Waals surface area contributed by atoms with Gasteiger partial charge in [0.2, 0.25) is 11.7 Å². The smallest absolute Gasteiger partial charge is 0.322 e. The highest BCUT2D eigenvalue weighted by Crippen LogP contribution is 2.32. The first-order valence-corrected chi connectivity index (χ1v) is 9.77. The van der Waals surface area contributed by atoms with Gasteiger partial charge in [0, 0.05) is 12.1 Å². The number of urea groups is 1. The second-order valence-electron chi connectivity index (χ2n) is 7.16. The quantitative estimate of drug-likeness (QED) is 0.689. The predicted molar refractivity (Wildman–Crippen MR) is 110 cm³/mol. The van der Waals surface area contributed by atoms with Crippen molar-refractivity contribution in [2.24, 2.45) is 0 Å². The Morgan fingerprint density at radius 1 is 1.21 bits per heavy atom. The van der Waals surface area contributed by atoms with Crippen molar-refractivity contribution in [2.45, 2.75) is 32.2 Å². The van der Waals surface area contributed by atoms with Crippen LogP contribution in [0.1, 0.15) is 36.8 Å². The van der Waals surface area contributed by atoms with Gasteiger partial charge in [-0.15, -0.1) is 0 Å². The summed E-state index contributed by atoms with van der Waals surface area (Å²) < 4.78 is 10.9. The van der Waals surface area contributed by atoms with Gasteiger partial charge in [0.15, 0.2) is 0 Å². The Hall–Kier alpha value is -3.35. The lowest BCUT2D eigenvalue weighted by Gasteiger charge is -2.33. The number of hydrogen-bond acceptors (Lipinski definition) is 5. The number of methoxy groups -OCH3 is 1. The molecule has 7 nitrogen and oxygen atoms in total. The normalized spacial score (nSPS) is 16.5. The molecule has 7 heteroatoms. The fraction of sp³-hybridized carbons (Fsp3) is 0.318. The average Bonchev–Trinajstić information content (AvgIpc) is 3.24. The van der Waals surface area contributed by atoms with Crippen LogP contribution in [-0.4, -0.2) is 34.7 Å². The molecule has 0 radical (unpaired) electrons. The first kappa shape index (κ1) is 19.0. The number of carbonyl (C=O) groups is 1. The molecule has 1 saturated heterocycles. The van der Waals surface area contributed by atoms with Gasteiger partial charge < -0.3 is 19.5 Å². The van der Waals surface area contributed by atoms with Gasteiger partial charge in [-0.25, -0.2) is 4.79 Å². The van der Waals surface area contributed by atoms with Gasteiger partial charge in [0.1, 0.15) is 11.8 Å². The Labute approximate surface area is 169 Å². The molecule has 0 unspecified atom stereocenters. The Balaban J connectivity index is 1.55. The number of nitrogens with zero attached hydrogens (tertiary/aromatic N) is 3. The molecule has 2 amide bonds. The highest BCUT2D eigenvalue weighted by atomic mass is 16.5. The summed E-state index contributed by atoms with van der Waals surface area (Å²) in [6.07, 6.45) is 2.73. The number of nitrogens with one attached hydrogen (secondary N) is 1. The second kappa shape index (κ2) is 8.34. The highest BCUT2D eigenvalue weighted by molar-refractivity contribution is 5.91. The number of benzene rings is 2. The van der Waals surface area contributed by atoms with E-state index < -0.39 is 0 Å². The van der Waals surface area contributed by atoms with Crippen molar-refractivity contribution in [1.29, 1.82) is 0 Å². The van der Waals surface area contributed by atoms with Gasteiger partial charge >= 0.3 is 6.03 Å². The lowest BCUT2D eigenvalue weighted by atomic mass is 10.0. The third kappa shape index (κ3) is 4.08. The summed E-state index contributed by atoms with van der Waals surface area (Å²) in [7, 11) is 1.58. The van der Waals surface area contributed by atoms with E-state index in [9.17, 15) is 4.79 Å². The summed E-state index contributed by atoms with van der Waals surface area (Å²) in [6, 6.07) is 14.9. The van der Waals surface area contributed by atoms with Gasteiger partial charge in [-0.3, -0.25) is 0 Å². The summed E-state index contributed by atoms with van der Waals surface area (Å²) >= 11 is 0. The number of rotatable bonds is 4. The third-order valence-corrected chi connectivity index (χ3v) is 5.12. The highest BCUT2D eigenvalue weighted by Gasteiger charge is 2.32. The zero-order valence-electron chi connectivity index (χ0n) is 16.6. The number of carbonyl (C=O) groups excluding carboxylic acids is 1. The molecule has 1 aliphatic rings. The van der Waals surface area contributed by atoms with Crippen LogP contribution in [0.2, 0.25) is 0 Å². The first-order valence-electron chi connectivity index (χ1n) is 9.77. The van der Waals surface area contributed by atoms with Crippen LogP contribution in [0.15, 0.2) is 53.1 Å². The SMILES string of the molecule is COc1ccccc1NC(=O)N1CCCC[C@H]1c1nc(-c2cccc(C)c2)no1. The first-order chi connectivity index (χ1) is 14.2. The van der Waals surface area contributed by atoms with Crippen LogP contribution in [0.25, 0.3) is 11.4 Å². The molecular weight excluding hydrogens is 368 g/mol. The number of aromatic nitrogens is 2. The summed E-state index contributed by atoms with van der Waals surface area (Å²) in [4.78, 5) is 19.4. The fourth-order valence-corrected chi connectivity index (χ4v) is 3.64. The number of piperidine rings is 1. The third-order valence-electron chi connectivity index (χ3n) is 5.12. The Morgan fingerprint density at radius 3 is 2.90 bits per heavy atom. The molecule has 2 heterocycles. The number of ether oxygens (including phenoxy) is 1. The van der Waals surface area contributed by atoms with E-state index in [1.165, 1.54) is 0 Å². The van der Waals surface area contributed by atoms with Crippen LogP contribution in [0.4, 0.5) is 10.5 Å². The van der Waals surface area contributed by atoms with E-state index in [0.29, 0.717) is 29.7 Å². The molecule has 0 saturated carbocycles. The molecule has 1 aromatic heterocycles. The summed E-state index contributed by atoms with van der Waals surface area (Å²) in [5.74, 6) is 1.63. The molecule has 2 aromatic carbocycles. The molecule has 1 atom stereocenters. The molecule has 1 aliphatic heterocycles. The van der Waals surface area contributed by atoms with E-state index in [1.807, 2.05) is 55.5 Å². The van der Waals surface area contributed by atoms with E-state index >= 15 is 0 Å². The zero-order chi connectivity index (χ0) is 20.2. The number of anilines is 1. The summed E-state index contributed by atoms with van der Waals surface area (Å²) in [5, 5.41) is 7.09. The monoisotopic (exact) mass is 392 g/mol. The number of hydrogen-bond donors (Lipinski definition) is 1. The molecule has 29 heavy (non-hydrogen) atoms. The number of para-hydroxylation sites is 2.